The molecule has 1 rings (SSSR count). The highest BCUT2D eigenvalue weighted by molar-refractivity contribution is 7.80. The van der Waals surface area contributed by atoms with E-state index in [1.54, 1.807) is 0 Å². The molecular formula is C8H13NP+. The topological polar surface area (TPSA) is 12.9 Å². The summed E-state index contributed by atoms with van der Waals surface area (Å²) in [6.45, 7) is 6.82. The van der Waals surface area contributed by atoms with Crippen LogP contribution in [-0.2, 0) is 0 Å². The molecule has 0 amide bonds. The molecule has 1 heterocycles. The predicted octanol–water partition coefficient (Wildman–Crippen LogP) is 1.61. The summed E-state index contributed by atoms with van der Waals surface area (Å²) in [5.74, 6) is 0. The van der Waals surface area contributed by atoms with Crippen molar-refractivity contribution in [3.63, 3.8) is 0 Å². The summed E-state index contributed by atoms with van der Waals surface area (Å²) in [6, 6.07) is 6.11. The fourth-order valence-electron chi connectivity index (χ4n) is 0.751. The lowest BCUT2D eigenvalue weighted by atomic mass is 10.5. The molecule has 0 saturated heterocycles. The van der Waals surface area contributed by atoms with Gasteiger partial charge in [0.1, 0.15) is 0 Å². The number of rotatable bonds is 1. The van der Waals surface area contributed by atoms with Crippen LogP contribution in [-0.4, -0.2) is 25.0 Å². The lowest BCUT2D eigenvalue weighted by Crippen LogP contribution is -2.10. The van der Waals surface area contributed by atoms with E-state index in [1.165, 1.54) is 5.44 Å². The van der Waals surface area contributed by atoms with E-state index < -0.39 is 7.26 Å². The highest BCUT2D eigenvalue weighted by Crippen LogP contribution is 2.43. The summed E-state index contributed by atoms with van der Waals surface area (Å²) in [6.07, 6.45) is 1.86. The summed E-state index contributed by atoms with van der Waals surface area (Å²) in [5.41, 5.74) is 1.26. The van der Waals surface area contributed by atoms with Crippen molar-refractivity contribution in [2.45, 2.75) is 0 Å². The Kier molecular flexibility index (Phi) is 2.05. The van der Waals surface area contributed by atoms with E-state index in [0.717, 1.165) is 0 Å². The van der Waals surface area contributed by atoms with Gasteiger partial charge in [-0.05, 0) is 12.1 Å². The van der Waals surface area contributed by atoms with Crippen LogP contribution in [0.1, 0.15) is 0 Å². The van der Waals surface area contributed by atoms with Gasteiger partial charge in [-0.2, -0.15) is 0 Å². The molecule has 2 heteroatoms. The van der Waals surface area contributed by atoms with Crippen molar-refractivity contribution in [3.05, 3.63) is 24.4 Å². The predicted molar refractivity (Wildman–Crippen MR) is 48.6 cm³/mol. The van der Waals surface area contributed by atoms with Gasteiger partial charge >= 0.3 is 0 Å². The van der Waals surface area contributed by atoms with E-state index in [2.05, 4.69) is 31.0 Å². The summed E-state index contributed by atoms with van der Waals surface area (Å²) >= 11 is 0. The maximum Gasteiger partial charge on any atom is 0.181 e. The first-order valence-corrected chi connectivity index (χ1v) is 6.47. The molecule has 54 valence electrons. The molecule has 0 aliphatic rings. The fourth-order valence-corrected chi connectivity index (χ4v) is 1.70. The largest absolute Gasteiger partial charge is 0.222 e. The maximum absolute atomic E-state index is 4.30. The van der Waals surface area contributed by atoms with Gasteiger partial charge < -0.3 is 0 Å². The minimum absolute atomic E-state index is 0.879. The van der Waals surface area contributed by atoms with E-state index in [4.69, 9.17) is 0 Å². The third-order valence-corrected chi connectivity index (χ3v) is 2.98. The normalized spacial score (nSPS) is 11.5. The molecule has 0 saturated carbocycles. The molecule has 1 nitrogen and oxygen atoms in total. The second-order valence-corrected chi connectivity index (χ2v) is 7.68. The molecule has 1 aromatic heterocycles. The average Bonchev–Trinajstić information content (AvgIpc) is 1.88. The van der Waals surface area contributed by atoms with Crippen molar-refractivity contribution in [3.8, 4) is 0 Å². The Labute approximate surface area is 62.8 Å². The van der Waals surface area contributed by atoms with E-state index in [0.29, 0.717) is 0 Å². The molecule has 0 aliphatic heterocycles. The highest BCUT2D eigenvalue weighted by Gasteiger charge is 2.21. The van der Waals surface area contributed by atoms with Crippen LogP contribution in [0.3, 0.4) is 0 Å². The quantitative estimate of drug-likeness (QED) is 0.560. The molecular weight excluding hydrogens is 141 g/mol. The molecule has 0 N–H and O–H groups in total. The first-order chi connectivity index (χ1) is 4.61. The van der Waals surface area contributed by atoms with Crippen LogP contribution in [0.25, 0.3) is 0 Å². The number of hydrogen-bond acceptors (Lipinski definition) is 1. The third kappa shape index (κ3) is 1.78. The molecule has 0 aromatic carbocycles. The second-order valence-electron chi connectivity index (χ2n) is 3.20. The molecule has 0 bridgehead atoms. The standard InChI is InChI=1S/C8H13NP/c1-10(2,3)8-6-4-5-7-9-8/h4-7H,1-3H3/q+1. The Morgan fingerprint density at radius 2 is 1.90 bits per heavy atom. The van der Waals surface area contributed by atoms with Crippen molar-refractivity contribution in [2.24, 2.45) is 0 Å². The van der Waals surface area contributed by atoms with E-state index >= 15 is 0 Å². The summed E-state index contributed by atoms with van der Waals surface area (Å²) in [7, 11) is -0.879. The van der Waals surface area contributed by atoms with E-state index in [9.17, 15) is 0 Å². The van der Waals surface area contributed by atoms with Crippen LogP contribution in [0, 0.1) is 0 Å². The maximum atomic E-state index is 4.30. The number of nitrogens with zero attached hydrogens (tertiary/aromatic N) is 1. The van der Waals surface area contributed by atoms with E-state index in [-0.39, 0.29) is 0 Å². The van der Waals surface area contributed by atoms with Crippen molar-refractivity contribution >= 4 is 12.7 Å². The molecule has 10 heavy (non-hydrogen) atoms. The number of hydrogen-bond donors (Lipinski definition) is 0. The lowest BCUT2D eigenvalue weighted by molar-refractivity contribution is 1.38. The second kappa shape index (κ2) is 2.67. The Bertz CT molecular complexity index is 200. The lowest BCUT2D eigenvalue weighted by Gasteiger charge is -2.08. The number of aromatic nitrogens is 1. The van der Waals surface area contributed by atoms with Gasteiger partial charge in [0.15, 0.2) is 5.44 Å². The van der Waals surface area contributed by atoms with Gasteiger partial charge in [-0.3, -0.25) is 0 Å². The summed E-state index contributed by atoms with van der Waals surface area (Å²) in [5, 5.41) is 0. The van der Waals surface area contributed by atoms with Crippen LogP contribution in [0.2, 0.25) is 0 Å². The fraction of sp³-hybridized carbons (Fsp3) is 0.375. The SMILES string of the molecule is C[P+](C)(C)c1ccccn1. The zero-order valence-electron chi connectivity index (χ0n) is 6.70. The van der Waals surface area contributed by atoms with Crippen LogP contribution in [0.4, 0.5) is 0 Å². The summed E-state index contributed by atoms with van der Waals surface area (Å²) < 4.78 is 0. The molecule has 0 unspecified atom stereocenters. The Morgan fingerprint density at radius 3 is 2.20 bits per heavy atom. The molecule has 0 atom stereocenters. The first-order valence-electron chi connectivity index (χ1n) is 3.34. The van der Waals surface area contributed by atoms with Crippen molar-refractivity contribution in [1.29, 1.82) is 0 Å². The van der Waals surface area contributed by atoms with Gasteiger partial charge in [-0.25, -0.2) is 4.98 Å². The average molecular weight is 154 g/mol. The van der Waals surface area contributed by atoms with Crippen molar-refractivity contribution < 1.29 is 0 Å². The first kappa shape index (κ1) is 7.68. The van der Waals surface area contributed by atoms with Crippen LogP contribution in [0.5, 0.6) is 0 Å². The highest BCUT2D eigenvalue weighted by atomic mass is 31.2. The zero-order valence-corrected chi connectivity index (χ0v) is 7.60. The van der Waals surface area contributed by atoms with Crippen LogP contribution < -0.4 is 5.44 Å². The van der Waals surface area contributed by atoms with Gasteiger partial charge in [0.25, 0.3) is 0 Å². The minimum Gasteiger partial charge on any atom is -0.222 e. The Hall–Kier alpha value is -0.420. The monoisotopic (exact) mass is 154 g/mol. The van der Waals surface area contributed by atoms with Gasteiger partial charge in [0.2, 0.25) is 0 Å². The smallest absolute Gasteiger partial charge is 0.181 e. The Balaban J connectivity index is 2.97. The van der Waals surface area contributed by atoms with Crippen LogP contribution in [0.15, 0.2) is 24.4 Å². The molecule has 0 spiro atoms. The molecule has 0 fully saturated rings. The molecule has 0 aliphatic carbocycles. The minimum atomic E-state index is -0.879. The molecule has 0 radical (unpaired) electrons. The third-order valence-electron chi connectivity index (χ3n) is 1.34. The van der Waals surface area contributed by atoms with Gasteiger partial charge in [-0.15, -0.1) is 0 Å². The Morgan fingerprint density at radius 1 is 1.20 bits per heavy atom. The van der Waals surface area contributed by atoms with Gasteiger partial charge in [-0.1, -0.05) is 6.07 Å². The summed E-state index contributed by atoms with van der Waals surface area (Å²) in [4.78, 5) is 4.30. The van der Waals surface area contributed by atoms with Crippen molar-refractivity contribution in [2.75, 3.05) is 20.0 Å². The van der Waals surface area contributed by atoms with Crippen LogP contribution >= 0.6 is 7.26 Å². The number of pyridine rings is 1. The zero-order chi connectivity index (χ0) is 7.61. The van der Waals surface area contributed by atoms with Crippen molar-refractivity contribution in [1.82, 2.24) is 4.98 Å². The van der Waals surface area contributed by atoms with Gasteiger partial charge in [0, 0.05) is 6.20 Å². The molecule has 1 aromatic rings. The van der Waals surface area contributed by atoms with E-state index in [1.807, 2.05) is 18.3 Å². The van der Waals surface area contributed by atoms with Gasteiger partial charge in [0.05, 0.1) is 27.3 Å².